The zero-order chi connectivity index (χ0) is 26.8. The van der Waals surface area contributed by atoms with E-state index in [0.29, 0.717) is 26.8 Å². The first-order chi connectivity index (χ1) is 15.9. The molecule has 0 aliphatic carbocycles. The summed E-state index contributed by atoms with van der Waals surface area (Å²) in [6.45, 7) is 3.74. The van der Waals surface area contributed by atoms with Gasteiger partial charge in [-0.05, 0) is 45.4 Å². The quantitative estimate of drug-likeness (QED) is 0.437. The second-order valence-corrected chi connectivity index (χ2v) is 13.0. The summed E-state index contributed by atoms with van der Waals surface area (Å²) in [5.41, 5.74) is -0.622. The zero-order valence-corrected chi connectivity index (χ0v) is 22.2. The monoisotopic (exact) mass is 542 g/mol. The highest BCUT2D eigenvalue weighted by Crippen LogP contribution is 2.40. The highest BCUT2D eigenvalue weighted by Gasteiger charge is 2.62. The van der Waals surface area contributed by atoms with Crippen molar-refractivity contribution >= 4 is 26.2 Å². The molecule has 2 rings (SSSR count). The second-order valence-electron chi connectivity index (χ2n) is 9.12. The molecule has 1 fully saturated rings. The third-order valence-corrected chi connectivity index (χ3v) is 7.66. The number of hydrogen-bond donors (Lipinski definition) is 0. The van der Waals surface area contributed by atoms with Crippen molar-refractivity contribution < 1.29 is 44.1 Å². The van der Waals surface area contributed by atoms with Crippen LogP contribution in [-0.2, 0) is 35.6 Å². The fourth-order valence-electron chi connectivity index (χ4n) is 3.54. The van der Waals surface area contributed by atoms with Gasteiger partial charge in [-0.25, -0.2) is 22.0 Å². The second kappa shape index (κ2) is 10.5. The molecule has 1 aromatic rings. The number of halogens is 2. The van der Waals surface area contributed by atoms with Crippen LogP contribution >= 0.6 is 0 Å². The first-order valence-electron chi connectivity index (χ1n) is 10.8. The molecule has 200 valence electrons. The molecule has 1 heterocycles. The molecule has 0 radical (unpaired) electrons. The van der Waals surface area contributed by atoms with Gasteiger partial charge < -0.3 is 9.47 Å². The van der Waals surface area contributed by atoms with Gasteiger partial charge in [0, 0.05) is 13.1 Å². The Morgan fingerprint density at radius 1 is 1.17 bits per heavy atom. The topological polar surface area (TPSA) is 120 Å². The number of nitrogens with zero attached hydrogens (tertiary/aromatic N) is 2. The van der Waals surface area contributed by atoms with E-state index in [0.717, 1.165) is 0 Å². The standard InChI is InChI=1S/C21H32F2N2O8S2/c1-7-35(29,30)25(12-15-8-10-16(31-5)11-9-15)17-13-24(19(26)33-20(2,3)4)18(21(17,22)23)14-32-34(6,27)28/h8-11,17-18H,7,12-14H2,1-6H3/t17-,18-/m1/s1. The maximum atomic E-state index is 15.8. The lowest BCUT2D eigenvalue weighted by molar-refractivity contribution is -0.0776. The van der Waals surface area contributed by atoms with Crippen molar-refractivity contribution in [2.24, 2.45) is 0 Å². The van der Waals surface area contributed by atoms with Gasteiger partial charge in [0.2, 0.25) is 10.0 Å². The Labute approximate surface area is 205 Å². The molecule has 1 saturated heterocycles. The molecule has 10 nitrogen and oxygen atoms in total. The van der Waals surface area contributed by atoms with Crippen molar-refractivity contribution in [1.29, 1.82) is 0 Å². The van der Waals surface area contributed by atoms with Crippen LogP contribution in [0.5, 0.6) is 5.75 Å². The number of rotatable bonds is 9. The van der Waals surface area contributed by atoms with Crippen molar-refractivity contribution in [3.63, 3.8) is 0 Å². The van der Waals surface area contributed by atoms with Gasteiger partial charge in [-0.2, -0.15) is 12.7 Å². The molecule has 0 bridgehead atoms. The molecular formula is C21H32F2N2O8S2. The molecule has 1 amide bonds. The van der Waals surface area contributed by atoms with Crippen LogP contribution < -0.4 is 4.74 Å². The fourth-order valence-corrected chi connectivity index (χ4v) is 5.19. The minimum atomic E-state index is -4.20. The van der Waals surface area contributed by atoms with E-state index >= 15 is 8.78 Å². The van der Waals surface area contributed by atoms with Gasteiger partial charge in [-0.15, -0.1) is 0 Å². The number of ether oxygens (including phenoxy) is 2. The normalized spacial score (nSPS) is 20.8. The maximum Gasteiger partial charge on any atom is 0.410 e. The van der Waals surface area contributed by atoms with E-state index in [2.05, 4.69) is 4.18 Å². The molecule has 0 spiro atoms. The summed E-state index contributed by atoms with van der Waals surface area (Å²) in [5.74, 6) is -3.83. The lowest BCUT2D eigenvalue weighted by atomic mass is 10.1. The Bertz CT molecular complexity index is 1100. The van der Waals surface area contributed by atoms with Gasteiger partial charge in [-0.1, -0.05) is 12.1 Å². The number of methoxy groups -OCH3 is 1. The molecule has 0 saturated carbocycles. The van der Waals surface area contributed by atoms with Gasteiger partial charge in [0.05, 0.1) is 25.7 Å². The average Bonchev–Trinajstić information content (AvgIpc) is 2.99. The van der Waals surface area contributed by atoms with Gasteiger partial charge in [0.25, 0.3) is 16.0 Å². The summed E-state index contributed by atoms with van der Waals surface area (Å²) in [7, 11) is -6.87. The molecule has 2 atom stereocenters. The van der Waals surface area contributed by atoms with Crippen molar-refractivity contribution in [2.45, 2.75) is 57.8 Å². The number of amides is 1. The first kappa shape index (κ1) is 29.2. The number of sulfonamides is 1. The van der Waals surface area contributed by atoms with Crippen LogP contribution in [0.25, 0.3) is 0 Å². The van der Waals surface area contributed by atoms with E-state index in [9.17, 15) is 21.6 Å². The number of benzene rings is 1. The molecule has 0 aromatic heterocycles. The Morgan fingerprint density at radius 2 is 1.74 bits per heavy atom. The summed E-state index contributed by atoms with van der Waals surface area (Å²) >= 11 is 0. The number of alkyl halides is 2. The first-order valence-corrected chi connectivity index (χ1v) is 14.2. The summed E-state index contributed by atoms with van der Waals surface area (Å²) in [6.07, 6.45) is -0.451. The van der Waals surface area contributed by atoms with Crippen LogP contribution in [0.2, 0.25) is 0 Å². The SMILES string of the molecule is CCS(=O)(=O)N(Cc1ccc(OC)cc1)[C@@H]1CN(C(=O)OC(C)(C)C)[C@H](COS(C)(=O)=O)C1(F)F. The lowest BCUT2D eigenvalue weighted by Gasteiger charge is -2.32. The van der Waals surface area contributed by atoms with E-state index in [1.165, 1.54) is 34.8 Å². The number of carbonyl (C=O) groups excluding carboxylic acids is 1. The highest BCUT2D eigenvalue weighted by atomic mass is 32.2. The third-order valence-electron chi connectivity index (χ3n) is 5.27. The summed E-state index contributed by atoms with van der Waals surface area (Å²) < 4.78 is 96.0. The Hall–Kier alpha value is -2.03. The minimum absolute atomic E-state index is 0.401. The summed E-state index contributed by atoms with van der Waals surface area (Å²) in [5, 5.41) is 0. The van der Waals surface area contributed by atoms with E-state index in [1.54, 1.807) is 24.3 Å². The van der Waals surface area contributed by atoms with Crippen LogP contribution in [-0.4, -0.2) is 88.0 Å². The van der Waals surface area contributed by atoms with E-state index in [1.807, 2.05) is 0 Å². The molecule has 35 heavy (non-hydrogen) atoms. The lowest BCUT2D eigenvalue weighted by Crippen LogP contribution is -2.53. The zero-order valence-electron chi connectivity index (χ0n) is 20.5. The van der Waals surface area contributed by atoms with E-state index < -0.39 is 75.3 Å². The van der Waals surface area contributed by atoms with Gasteiger partial charge in [0.1, 0.15) is 23.4 Å². The van der Waals surface area contributed by atoms with Crippen LogP contribution in [0.15, 0.2) is 24.3 Å². The molecule has 0 N–H and O–H groups in total. The fraction of sp³-hybridized carbons (Fsp3) is 0.667. The van der Waals surface area contributed by atoms with Gasteiger partial charge >= 0.3 is 6.09 Å². The highest BCUT2D eigenvalue weighted by molar-refractivity contribution is 7.89. The van der Waals surface area contributed by atoms with Crippen LogP contribution in [0, 0.1) is 0 Å². The number of likely N-dealkylation sites (tertiary alicyclic amines) is 1. The molecule has 0 unspecified atom stereocenters. The van der Waals surface area contributed by atoms with Gasteiger partial charge in [0.15, 0.2) is 0 Å². The van der Waals surface area contributed by atoms with Crippen molar-refractivity contribution in [1.82, 2.24) is 9.21 Å². The van der Waals surface area contributed by atoms with E-state index in [4.69, 9.17) is 9.47 Å². The molecular weight excluding hydrogens is 510 g/mol. The smallest absolute Gasteiger partial charge is 0.410 e. The average molecular weight is 543 g/mol. The third kappa shape index (κ3) is 7.48. The summed E-state index contributed by atoms with van der Waals surface area (Å²) in [4.78, 5) is 13.4. The van der Waals surface area contributed by atoms with E-state index in [-0.39, 0.29) is 0 Å². The van der Waals surface area contributed by atoms with Crippen LogP contribution in [0.4, 0.5) is 13.6 Å². The van der Waals surface area contributed by atoms with Crippen LogP contribution in [0.3, 0.4) is 0 Å². The maximum absolute atomic E-state index is 15.8. The Kier molecular flexibility index (Phi) is 8.78. The minimum Gasteiger partial charge on any atom is -0.497 e. The van der Waals surface area contributed by atoms with Crippen LogP contribution in [0.1, 0.15) is 33.3 Å². The van der Waals surface area contributed by atoms with Crippen molar-refractivity contribution in [3.8, 4) is 5.75 Å². The van der Waals surface area contributed by atoms with Crippen molar-refractivity contribution in [3.05, 3.63) is 29.8 Å². The van der Waals surface area contributed by atoms with Crippen molar-refractivity contribution in [2.75, 3.05) is 32.3 Å². The molecule has 14 heteroatoms. The molecule has 1 aliphatic rings. The Balaban J connectivity index is 2.51. The number of carbonyl (C=O) groups is 1. The summed E-state index contributed by atoms with van der Waals surface area (Å²) in [6, 6.07) is 2.14. The predicted octanol–water partition coefficient (Wildman–Crippen LogP) is 2.45. The Morgan fingerprint density at radius 3 is 2.20 bits per heavy atom. The van der Waals surface area contributed by atoms with Gasteiger partial charge in [-0.3, -0.25) is 9.08 Å². The molecule has 1 aromatic carbocycles. The molecule has 1 aliphatic heterocycles. The number of hydrogen-bond acceptors (Lipinski definition) is 8. The largest absolute Gasteiger partial charge is 0.497 e. The predicted molar refractivity (Wildman–Crippen MR) is 124 cm³/mol.